The molecule has 1 atom stereocenters. The fourth-order valence-electron chi connectivity index (χ4n) is 5.64. The minimum absolute atomic E-state index is 0.145. The van der Waals surface area contributed by atoms with Crippen molar-refractivity contribution >= 4 is 28.6 Å². The number of aromatic nitrogens is 3. The monoisotopic (exact) mass is 542 g/mol. The molecule has 0 saturated carbocycles. The van der Waals surface area contributed by atoms with Crippen LogP contribution in [0.2, 0.25) is 0 Å². The molecule has 0 unspecified atom stereocenters. The van der Waals surface area contributed by atoms with Gasteiger partial charge in [-0.2, -0.15) is 0 Å². The summed E-state index contributed by atoms with van der Waals surface area (Å²) in [6.45, 7) is 4.30. The van der Waals surface area contributed by atoms with Crippen molar-refractivity contribution < 1.29 is 13.9 Å². The minimum atomic E-state index is -0.459. The molecule has 2 N–H and O–H groups in total. The third-order valence-corrected chi connectivity index (χ3v) is 7.75. The fraction of sp³-hybridized carbons (Fsp3) is 0.300. The van der Waals surface area contributed by atoms with Crippen molar-refractivity contribution in [2.24, 2.45) is 0 Å². The summed E-state index contributed by atoms with van der Waals surface area (Å²) >= 11 is 0. The van der Waals surface area contributed by atoms with Gasteiger partial charge in [-0.05, 0) is 49.6 Å². The molecule has 5 heterocycles. The average Bonchev–Trinajstić information content (AvgIpc) is 2.98. The molecule has 2 aliphatic rings. The standard InChI is InChI=1S/C30H31FN6O3/c1-19-25(31)13-24-28-30(19)40-11-10-36(28)16-21(29(24)38)17-37(15-20-7-8-33-27(12-20)39-2)23-4-3-9-35(18-23)22-5-6-26(32)34-14-22/h5-8,10-14,16,23H,3-4,9,15,17-18H2,1-2H3,(H2,32,34)/t23-/m0/s1. The molecule has 0 amide bonds. The maximum atomic E-state index is 14.8. The first kappa shape index (κ1) is 25.8. The van der Waals surface area contributed by atoms with E-state index in [0.717, 1.165) is 37.2 Å². The van der Waals surface area contributed by atoms with Crippen LogP contribution >= 0.6 is 0 Å². The Labute approximate surface area is 231 Å². The smallest absolute Gasteiger partial charge is 0.213 e. The third-order valence-electron chi connectivity index (χ3n) is 7.75. The zero-order valence-corrected chi connectivity index (χ0v) is 22.5. The Morgan fingerprint density at radius 3 is 2.90 bits per heavy atom. The predicted octanol–water partition coefficient (Wildman–Crippen LogP) is 4.32. The first-order valence-electron chi connectivity index (χ1n) is 13.3. The van der Waals surface area contributed by atoms with E-state index in [-0.39, 0.29) is 11.5 Å². The van der Waals surface area contributed by atoms with Crippen molar-refractivity contribution in [2.45, 2.75) is 38.9 Å². The second-order valence-corrected chi connectivity index (χ2v) is 10.3. The van der Waals surface area contributed by atoms with Crippen LogP contribution in [0, 0.1) is 12.7 Å². The first-order chi connectivity index (χ1) is 19.4. The van der Waals surface area contributed by atoms with Crippen molar-refractivity contribution in [2.75, 3.05) is 30.8 Å². The van der Waals surface area contributed by atoms with Gasteiger partial charge in [0.05, 0.1) is 29.9 Å². The molecular formula is C30H31FN6O3. The quantitative estimate of drug-likeness (QED) is 0.369. The van der Waals surface area contributed by atoms with E-state index in [4.69, 9.17) is 15.2 Å². The number of piperidine rings is 1. The highest BCUT2D eigenvalue weighted by atomic mass is 19.1. The van der Waals surface area contributed by atoms with Gasteiger partial charge in [0.1, 0.15) is 17.9 Å². The number of nitrogens with two attached hydrogens (primary N) is 1. The molecule has 3 aromatic heterocycles. The second-order valence-electron chi connectivity index (χ2n) is 10.3. The van der Waals surface area contributed by atoms with Crippen molar-refractivity contribution in [3.05, 3.63) is 87.9 Å². The van der Waals surface area contributed by atoms with Crippen LogP contribution in [-0.2, 0) is 13.1 Å². The van der Waals surface area contributed by atoms with Crippen molar-refractivity contribution in [3.8, 4) is 11.6 Å². The van der Waals surface area contributed by atoms with E-state index in [0.29, 0.717) is 52.6 Å². The van der Waals surface area contributed by atoms with E-state index < -0.39 is 5.82 Å². The Morgan fingerprint density at radius 1 is 1.23 bits per heavy atom. The summed E-state index contributed by atoms with van der Waals surface area (Å²) in [4.78, 5) is 26.9. The van der Waals surface area contributed by atoms with Crippen LogP contribution in [-0.4, -0.2) is 45.7 Å². The van der Waals surface area contributed by atoms with Crippen molar-refractivity contribution in [1.29, 1.82) is 0 Å². The van der Waals surface area contributed by atoms with Crippen LogP contribution in [0.15, 0.2) is 60.0 Å². The summed E-state index contributed by atoms with van der Waals surface area (Å²) in [5.74, 6) is 0.941. The van der Waals surface area contributed by atoms with E-state index >= 15 is 0 Å². The number of hydrogen-bond donors (Lipinski definition) is 1. The number of rotatable bonds is 7. The number of nitrogens with zero attached hydrogens (tertiary/aromatic N) is 5. The lowest BCUT2D eigenvalue weighted by atomic mass is 10.0. The van der Waals surface area contributed by atoms with Gasteiger partial charge in [-0.25, -0.2) is 14.4 Å². The molecule has 9 nitrogen and oxygen atoms in total. The Bertz CT molecular complexity index is 1650. The van der Waals surface area contributed by atoms with E-state index in [9.17, 15) is 9.18 Å². The highest BCUT2D eigenvalue weighted by Gasteiger charge is 2.28. The molecule has 1 fully saturated rings. The molecule has 10 heteroatoms. The van der Waals surface area contributed by atoms with Gasteiger partial charge in [0, 0.05) is 68.0 Å². The Morgan fingerprint density at radius 2 is 2.10 bits per heavy atom. The number of pyridine rings is 3. The van der Waals surface area contributed by atoms with E-state index in [1.165, 1.54) is 12.3 Å². The topological polar surface area (TPSA) is 98.7 Å². The highest BCUT2D eigenvalue weighted by molar-refractivity contribution is 5.89. The van der Waals surface area contributed by atoms with E-state index in [1.807, 2.05) is 35.0 Å². The fourth-order valence-corrected chi connectivity index (χ4v) is 5.64. The molecular weight excluding hydrogens is 511 g/mol. The largest absolute Gasteiger partial charge is 0.481 e. The van der Waals surface area contributed by atoms with Crippen LogP contribution in [0.5, 0.6) is 11.6 Å². The van der Waals surface area contributed by atoms with Crippen LogP contribution in [0.25, 0.3) is 17.1 Å². The van der Waals surface area contributed by atoms with Gasteiger partial charge in [-0.3, -0.25) is 9.69 Å². The number of methoxy groups -OCH3 is 1. The predicted molar refractivity (Wildman–Crippen MR) is 153 cm³/mol. The summed E-state index contributed by atoms with van der Waals surface area (Å²) in [7, 11) is 1.59. The lowest BCUT2D eigenvalue weighted by Gasteiger charge is -2.40. The molecule has 0 aliphatic carbocycles. The van der Waals surface area contributed by atoms with Gasteiger partial charge in [0.15, 0.2) is 11.2 Å². The van der Waals surface area contributed by atoms with Crippen molar-refractivity contribution in [3.63, 3.8) is 0 Å². The molecule has 2 aliphatic heterocycles. The third kappa shape index (κ3) is 4.86. The van der Waals surface area contributed by atoms with Gasteiger partial charge in [-0.1, -0.05) is 0 Å². The molecule has 40 heavy (non-hydrogen) atoms. The zero-order chi connectivity index (χ0) is 27.8. The lowest BCUT2D eigenvalue weighted by molar-refractivity contribution is 0.158. The summed E-state index contributed by atoms with van der Waals surface area (Å²) in [5.41, 5.74) is 9.21. The summed E-state index contributed by atoms with van der Waals surface area (Å²) in [5, 5.41) is 0.309. The van der Waals surface area contributed by atoms with E-state index in [2.05, 4.69) is 19.8 Å². The maximum absolute atomic E-state index is 14.8. The maximum Gasteiger partial charge on any atom is 0.213 e. The number of hydrogen-bond acceptors (Lipinski definition) is 8. The van der Waals surface area contributed by atoms with Crippen LogP contribution in [0.3, 0.4) is 0 Å². The van der Waals surface area contributed by atoms with Gasteiger partial charge < -0.3 is 24.7 Å². The van der Waals surface area contributed by atoms with E-state index in [1.54, 1.807) is 32.6 Å². The number of ether oxygens (including phenoxy) is 2. The molecule has 1 aromatic carbocycles. The van der Waals surface area contributed by atoms with Crippen LogP contribution < -0.4 is 25.5 Å². The summed E-state index contributed by atoms with van der Waals surface area (Å²) in [6, 6.07) is 9.15. The van der Waals surface area contributed by atoms with Gasteiger partial charge in [0.2, 0.25) is 5.88 Å². The van der Waals surface area contributed by atoms with Gasteiger partial charge in [0.25, 0.3) is 0 Å². The Hall–Kier alpha value is -4.44. The lowest BCUT2D eigenvalue weighted by Crippen LogP contribution is -2.48. The summed E-state index contributed by atoms with van der Waals surface area (Å²) < 4.78 is 27.6. The molecule has 4 aromatic rings. The second kappa shape index (κ2) is 10.6. The zero-order valence-electron chi connectivity index (χ0n) is 22.5. The molecule has 1 saturated heterocycles. The number of halogens is 1. The van der Waals surface area contributed by atoms with Gasteiger partial charge >= 0.3 is 0 Å². The average molecular weight is 543 g/mol. The molecule has 6 rings (SSSR count). The van der Waals surface area contributed by atoms with Gasteiger partial charge in [-0.15, -0.1) is 0 Å². The van der Waals surface area contributed by atoms with Crippen molar-refractivity contribution in [1.82, 2.24) is 19.4 Å². The number of nitrogen functional groups attached to an aromatic ring is 1. The SMILES string of the molecule is COc1cc(CN(Cc2cn3c4c(c(C)c(F)cc4c2=O)OC=C3)[C@H]2CCCN(c3ccc(N)nc3)C2)ccn1. The summed E-state index contributed by atoms with van der Waals surface area (Å²) in [6.07, 6.45) is 10.6. The normalized spacial score (nSPS) is 16.4. The number of benzene rings is 1. The minimum Gasteiger partial charge on any atom is -0.481 e. The Balaban J connectivity index is 1.38. The first-order valence-corrected chi connectivity index (χ1v) is 13.3. The molecule has 206 valence electrons. The van der Waals surface area contributed by atoms with Crippen LogP contribution in [0.4, 0.5) is 15.9 Å². The molecule has 0 radical (unpaired) electrons. The van der Waals surface area contributed by atoms with Crippen LogP contribution in [0.1, 0.15) is 29.5 Å². The molecule has 0 bridgehead atoms. The number of anilines is 2. The highest BCUT2D eigenvalue weighted by Crippen LogP contribution is 2.34. The molecule has 0 spiro atoms. The Kier molecular flexibility index (Phi) is 6.85.